The first-order valence-electron chi connectivity index (χ1n) is 5.00. The van der Waals surface area contributed by atoms with Crippen LogP contribution in [-0.2, 0) is 5.41 Å². The molecule has 14 heavy (non-hydrogen) atoms. The first kappa shape index (κ1) is 10.8. The van der Waals surface area contributed by atoms with E-state index in [9.17, 15) is 0 Å². The molecule has 0 radical (unpaired) electrons. The van der Waals surface area contributed by atoms with Crippen LogP contribution in [0.2, 0.25) is 0 Å². The maximum atomic E-state index is 3.82. The Morgan fingerprint density at radius 3 is 2.00 bits per heavy atom. The van der Waals surface area contributed by atoms with Gasteiger partial charge in [-0.3, -0.25) is 0 Å². The maximum Gasteiger partial charge on any atom is -0.000660 e. The molecule has 0 aromatic heterocycles. The fourth-order valence-electron chi connectivity index (χ4n) is 1.80. The van der Waals surface area contributed by atoms with Crippen molar-refractivity contribution >= 4 is 0 Å². The minimum atomic E-state index is 0.157. The molecule has 1 rings (SSSR count). The Morgan fingerprint density at radius 2 is 1.57 bits per heavy atom. The van der Waals surface area contributed by atoms with E-state index in [0.717, 1.165) is 12.8 Å². The van der Waals surface area contributed by atoms with Gasteiger partial charge in [-0.1, -0.05) is 49.4 Å². The van der Waals surface area contributed by atoms with E-state index in [1.54, 1.807) is 0 Å². The van der Waals surface area contributed by atoms with Crippen molar-refractivity contribution in [2.45, 2.75) is 25.2 Å². The summed E-state index contributed by atoms with van der Waals surface area (Å²) in [4.78, 5) is 0. The van der Waals surface area contributed by atoms with Crippen molar-refractivity contribution in [2.24, 2.45) is 0 Å². The molecule has 0 amide bonds. The summed E-state index contributed by atoms with van der Waals surface area (Å²) in [6, 6.07) is 10.6. The highest BCUT2D eigenvalue weighted by Crippen LogP contribution is 2.31. The molecule has 0 N–H and O–H groups in total. The van der Waals surface area contributed by atoms with E-state index in [4.69, 9.17) is 0 Å². The first-order valence-corrected chi connectivity index (χ1v) is 5.00. The highest BCUT2D eigenvalue weighted by Gasteiger charge is 2.22. The number of allylic oxidation sites excluding steroid dienone is 2. The third-order valence-corrected chi connectivity index (χ3v) is 2.66. The van der Waals surface area contributed by atoms with E-state index >= 15 is 0 Å². The summed E-state index contributed by atoms with van der Waals surface area (Å²) in [7, 11) is 0. The van der Waals surface area contributed by atoms with E-state index in [1.807, 2.05) is 18.2 Å². The van der Waals surface area contributed by atoms with Crippen molar-refractivity contribution in [3.8, 4) is 0 Å². The van der Waals surface area contributed by atoms with E-state index < -0.39 is 0 Å². The monoisotopic (exact) mass is 186 g/mol. The molecule has 1 aromatic carbocycles. The Balaban J connectivity index is 2.98. The molecule has 74 valence electrons. The summed E-state index contributed by atoms with van der Waals surface area (Å²) >= 11 is 0. The minimum absolute atomic E-state index is 0.157. The Hall–Kier alpha value is -1.30. The first-order chi connectivity index (χ1) is 6.73. The lowest BCUT2D eigenvalue weighted by Gasteiger charge is -2.27. The molecule has 0 aliphatic rings. The van der Waals surface area contributed by atoms with Crippen molar-refractivity contribution in [1.29, 1.82) is 0 Å². The van der Waals surface area contributed by atoms with Crippen LogP contribution in [0.4, 0.5) is 0 Å². The lowest BCUT2D eigenvalue weighted by atomic mass is 9.77. The largest absolute Gasteiger partial charge is 0.103 e. The molecule has 0 fully saturated rings. The van der Waals surface area contributed by atoms with Crippen LogP contribution in [0.5, 0.6) is 0 Å². The van der Waals surface area contributed by atoms with Gasteiger partial charge in [0.05, 0.1) is 0 Å². The van der Waals surface area contributed by atoms with E-state index in [-0.39, 0.29) is 5.41 Å². The average molecular weight is 186 g/mol. The van der Waals surface area contributed by atoms with Gasteiger partial charge in [-0.25, -0.2) is 0 Å². The number of benzene rings is 1. The zero-order valence-corrected chi connectivity index (χ0v) is 8.87. The molecule has 0 heteroatoms. The number of hydrogen-bond donors (Lipinski definition) is 0. The van der Waals surface area contributed by atoms with Crippen LogP contribution in [-0.4, -0.2) is 0 Å². The van der Waals surface area contributed by atoms with Crippen molar-refractivity contribution in [2.75, 3.05) is 0 Å². The molecule has 0 spiro atoms. The third kappa shape index (κ3) is 2.35. The van der Waals surface area contributed by atoms with Gasteiger partial charge in [0.2, 0.25) is 0 Å². The second kappa shape index (κ2) is 4.80. The van der Waals surface area contributed by atoms with Crippen molar-refractivity contribution < 1.29 is 0 Å². The molecular formula is C14H18. The van der Waals surface area contributed by atoms with Gasteiger partial charge in [-0.15, -0.1) is 13.2 Å². The van der Waals surface area contributed by atoms with Crippen LogP contribution in [0, 0.1) is 0 Å². The Kier molecular flexibility index (Phi) is 3.70. The summed E-state index contributed by atoms with van der Waals surface area (Å²) in [5.74, 6) is 0. The molecule has 0 bridgehead atoms. The van der Waals surface area contributed by atoms with Gasteiger partial charge >= 0.3 is 0 Å². The lowest BCUT2D eigenvalue weighted by Crippen LogP contribution is -2.19. The third-order valence-electron chi connectivity index (χ3n) is 2.66. The SMILES string of the molecule is C=CCC(C)(CC=C)c1ccccc1. The van der Waals surface area contributed by atoms with Crippen LogP contribution in [0.25, 0.3) is 0 Å². The predicted molar refractivity (Wildman–Crippen MR) is 63.4 cm³/mol. The Morgan fingerprint density at radius 1 is 1.07 bits per heavy atom. The van der Waals surface area contributed by atoms with Crippen LogP contribution in [0.15, 0.2) is 55.6 Å². The zero-order chi connectivity index (χ0) is 10.4. The molecule has 0 saturated carbocycles. The molecule has 0 unspecified atom stereocenters. The molecule has 0 aliphatic carbocycles. The predicted octanol–water partition coefficient (Wildman–Crippen LogP) is 4.10. The molecule has 0 aliphatic heterocycles. The van der Waals surface area contributed by atoms with Crippen molar-refractivity contribution in [3.63, 3.8) is 0 Å². The minimum Gasteiger partial charge on any atom is -0.103 e. The number of hydrogen-bond acceptors (Lipinski definition) is 0. The molecule has 0 heterocycles. The van der Waals surface area contributed by atoms with Crippen molar-refractivity contribution in [1.82, 2.24) is 0 Å². The molecule has 0 saturated heterocycles. The van der Waals surface area contributed by atoms with Gasteiger partial charge in [0, 0.05) is 0 Å². The summed E-state index contributed by atoms with van der Waals surface area (Å²) in [5.41, 5.74) is 1.52. The van der Waals surface area contributed by atoms with Gasteiger partial charge < -0.3 is 0 Å². The molecule has 0 atom stereocenters. The highest BCUT2D eigenvalue weighted by atomic mass is 14.3. The van der Waals surface area contributed by atoms with Gasteiger partial charge in [0.25, 0.3) is 0 Å². The normalized spacial score (nSPS) is 10.9. The van der Waals surface area contributed by atoms with Gasteiger partial charge in [0.15, 0.2) is 0 Å². The lowest BCUT2D eigenvalue weighted by molar-refractivity contribution is 0.486. The van der Waals surface area contributed by atoms with Gasteiger partial charge in [-0.2, -0.15) is 0 Å². The molecular weight excluding hydrogens is 168 g/mol. The highest BCUT2D eigenvalue weighted by molar-refractivity contribution is 5.26. The number of rotatable bonds is 5. The average Bonchev–Trinajstić information content (AvgIpc) is 2.20. The summed E-state index contributed by atoms with van der Waals surface area (Å²) < 4.78 is 0. The van der Waals surface area contributed by atoms with Crippen molar-refractivity contribution in [3.05, 3.63) is 61.2 Å². The smallest absolute Gasteiger partial charge is 0.000660 e. The van der Waals surface area contributed by atoms with Gasteiger partial charge in [0.1, 0.15) is 0 Å². The van der Waals surface area contributed by atoms with E-state index in [2.05, 4.69) is 44.3 Å². The second-order valence-corrected chi connectivity index (χ2v) is 3.91. The summed E-state index contributed by atoms with van der Waals surface area (Å²) in [6.07, 6.45) is 5.94. The fraction of sp³-hybridized carbons (Fsp3) is 0.286. The second-order valence-electron chi connectivity index (χ2n) is 3.91. The van der Waals surface area contributed by atoms with E-state index in [0.29, 0.717) is 0 Å². The van der Waals surface area contributed by atoms with Crippen LogP contribution in [0.3, 0.4) is 0 Å². The zero-order valence-electron chi connectivity index (χ0n) is 8.87. The maximum absolute atomic E-state index is 3.82. The topological polar surface area (TPSA) is 0 Å². The molecule has 0 nitrogen and oxygen atoms in total. The standard InChI is InChI=1S/C14H18/c1-4-11-14(3,12-5-2)13-9-7-6-8-10-13/h4-10H,1-2,11-12H2,3H3. The Labute approximate surface area is 87.0 Å². The van der Waals surface area contributed by atoms with Gasteiger partial charge in [-0.05, 0) is 23.8 Å². The fourth-order valence-corrected chi connectivity index (χ4v) is 1.80. The summed E-state index contributed by atoms with van der Waals surface area (Å²) in [6.45, 7) is 9.89. The van der Waals surface area contributed by atoms with Crippen LogP contribution < -0.4 is 0 Å². The molecule has 1 aromatic rings. The summed E-state index contributed by atoms with van der Waals surface area (Å²) in [5, 5.41) is 0. The Bertz CT molecular complexity index is 285. The van der Waals surface area contributed by atoms with Crippen LogP contribution in [0.1, 0.15) is 25.3 Å². The quantitative estimate of drug-likeness (QED) is 0.607. The van der Waals surface area contributed by atoms with E-state index in [1.165, 1.54) is 5.56 Å². The van der Waals surface area contributed by atoms with Crippen LogP contribution >= 0.6 is 0 Å².